The van der Waals surface area contributed by atoms with Gasteiger partial charge in [0.1, 0.15) is 5.84 Å². The molecule has 0 aromatic heterocycles. The second kappa shape index (κ2) is 4.78. The van der Waals surface area contributed by atoms with Crippen molar-refractivity contribution >= 4 is 11.5 Å². The lowest BCUT2D eigenvalue weighted by Crippen LogP contribution is -2.39. The first-order valence-electron chi connectivity index (χ1n) is 6.32. The Morgan fingerprint density at radius 1 is 1.41 bits per heavy atom. The molecule has 0 aliphatic carbocycles. The molecule has 1 saturated heterocycles. The molecule has 1 unspecified atom stereocenters. The molecule has 1 heterocycles. The number of nitrogens with two attached hydrogens (primary N) is 1. The van der Waals surface area contributed by atoms with Crippen molar-refractivity contribution in [2.24, 2.45) is 5.73 Å². The summed E-state index contributed by atoms with van der Waals surface area (Å²) < 4.78 is 0. The van der Waals surface area contributed by atoms with Gasteiger partial charge in [-0.05, 0) is 44.7 Å². The summed E-state index contributed by atoms with van der Waals surface area (Å²) in [5.41, 5.74) is 8.94. The fraction of sp³-hybridized carbons (Fsp3) is 0.500. The third kappa shape index (κ3) is 2.28. The molecule has 0 radical (unpaired) electrons. The van der Waals surface area contributed by atoms with Crippen LogP contribution in [0.4, 0.5) is 5.69 Å². The topological polar surface area (TPSA) is 53.1 Å². The Balaban J connectivity index is 2.45. The van der Waals surface area contributed by atoms with Crippen molar-refractivity contribution in [1.29, 1.82) is 5.41 Å². The molecule has 17 heavy (non-hydrogen) atoms. The number of nitrogen functional groups attached to an aromatic ring is 1. The highest BCUT2D eigenvalue weighted by atomic mass is 15.2. The van der Waals surface area contributed by atoms with E-state index in [0.29, 0.717) is 6.04 Å². The highest BCUT2D eigenvalue weighted by Gasteiger charge is 2.22. The molecule has 1 aromatic carbocycles. The van der Waals surface area contributed by atoms with Crippen LogP contribution in [0.1, 0.15) is 37.3 Å². The van der Waals surface area contributed by atoms with E-state index in [4.69, 9.17) is 11.1 Å². The van der Waals surface area contributed by atoms with Gasteiger partial charge in [-0.3, -0.25) is 5.41 Å². The third-order valence-corrected chi connectivity index (χ3v) is 3.62. The minimum atomic E-state index is 0.168. The number of rotatable bonds is 2. The van der Waals surface area contributed by atoms with Gasteiger partial charge in [0.25, 0.3) is 0 Å². The van der Waals surface area contributed by atoms with Crippen molar-refractivity contribution < 1.29 is 0 Å². The lowest BCUT2D eigenvalue weighted by molar-refractivity contribution is 0.484. The van der Waals surface area contributed by atoms with Crippen LogP contribution < -0.4 is 10.6 Å². The maximum absolute atomic E-state index is 7.71. The molecule has 3 heteroatoms. The first-order valence-corrected chi connectivity index (χ1v) is 6.32. The predicted octanol–water partition coefficient (Wildman–Crippen LogP) is 2.66. The maximum atomic E-state index is 7.71. The molecule has 0 amide bonds. The van der Waals surface area contributed by atoms with Crippen LogP contribution in [0.5, 0.6) is 0 Å². The van der Waals surface area contributed by atoms with E-state index in [2.05, 4.69) is 24.8 Å². The predicted molar refractivity (Wildman–Crippen MR) is 72.9 cm³/mol. The van der Waals surface area contributed by atoms with Crippen LogP contribution in [-0.4, -0.2) is 18.4 Å². The van der Waals surface area contributed by atoms with Crippen molar-refractivity contribution in [3.05, 3.63) is 29.3 Å². The van der Waals surface area contributed by atoms with Gasteiger partial charge in [-0.2, -0.15) is 0 Å². The van der Waals surface area contributed by atoms with Crippen LogP contribution in [0.15, 0.2) is 18.2 Å². The minimum Gasteiger partial charge on any atom is -0.384 e. The highest BCUT2D eigenvalue weighted by Crippen LogP contribution is 2.30. The number of hydrogen-bond acceptors (Lipinski definition) is 2. The first kappa shape index (κ1) is 12.0. The van der Waals surface area contributed by atoms with Gasteiger partial charge in [-0.15, -0.1) is 0 Å². The Morgan fingerprint density at radius 3 is 2.82 bits per heavy atom. The summed E-state index contributed by atoms with van der Waals surface area (Å²) in [5, 5.41) is 7.71. The average Bonchev–Trinajstić information content (AvgIpc) is 2.30. The van der Waals surface area contributed by atoms with Crippen LogP contribution in [0.2, 0.25) is 0 Å². The van der Waals surface area contributed by atoms with Gasteiger partial charge in [-0.25, -0.2) is 0 Å². The number of anilines is 1. The fourth-order valence-electron chi connectivity index (χ4n) is 2.69. The molecule has 1 fully saturated rings. The highest BCUT2D eigenvalue weighted by molar-refractivity contribution is 6.01. The molecule has 1 aliphatic rings. The molecular weight excluding hydrogens is 210 g/mol. The molecule has 2 rings (SSSR count). The molecule has 0 bridgehead atoms. The molecule has 1 aromatic rings. The molecule has 3 N–H and O–H groups in total. The summed E-state index contributed by atoms with van der Waals surface area (Å²) >= 11 is 0. The molecule has 0 saturated carbocycles. The molecule has 1 aliphatic heterocycles. The summed E-state index contributed by atoms with van der Waals surface area (Å²) in [4.78, 5) is 2.41. The van der Waals surface area contributed by atoms with E-state index in [-0.39, 0.29) is 5.84 Å². The lowest BCUT2D eigenvalue weighted by atomic mass is 9.98. The SMILES string of the molecule is Cc1cccc(C(=N)N)c1N1CCCCC1C. The smallest absolute Gasteiger partial charge is 0.124 e. The number of aryl methyl sites for hydroxylation is 1. The van der Waals surface area contributed by atoms with Crippen molar-refractivity contribution in [2.45, 2.75) is 39.2 Å². The van der Waals surface area contributed by atoms with Crippen molar-refractivity contribution in [3.8, 4) is 0 Å². The average molecular weight is 231 g/mol. The summed E-state index contributed by atoms with van der Waals surface area (Å²) in [6.45, 7) is 5.44. The summed E-state index contributed by atoms with van der Waals surface area (Å²) in [6.07, 6.45) is 3.76. The summed E-state index contributed by atoms with van der Waals surface area (Å²) in [7, 11) is 0. The zero-order valence-corrected chi connectivity index (χ0v) is 10.7. The Bertz CT molecular complexity index is 425. The zero-order chi connectivity index (χ0) is 12.4. The molecule has 0 spiro atoms. The largest absolute Gasteiger partial charge is 0.384 e. The molecule has 1 atom stereocenters. The van der Waals surface area contributed by atoms with Crippen molar-refractivity contribution in [1.82, 2.24) is 0 Å². The van der Waals surface area contributed by atoms with Gasteiger partial charge >= 0.3 is 0 Å². The Kier molecular flexibility index (Phi) is 3.36. The van der Waals surface area contributed by atoms with Crippen LogP contribution in [0, 0.1) is 12.3 Å². The van der Waals surface area contributed by atoms with E-state index in [1.807, 2.05) is 12.1 Å². The van der Waals surface area contributed by atoms with Crippen LogP contribution in [0.3, 0.4) is 0 Å². The Hall–Kier alpha value is -1.51. The molecule has 3 nitrogen and oxygen atoms in total. The van der Waals surface area contributed by atoms with Crippen LogP contribution in [-0.2, 0) is 0 Å². The molecule has 92 valence electrons. The number of benzene rings is 1. The van der Waals surface area contributed by atoms with E-state index < -0.39 is 0 Å². The van der Waals surface area contributed by atoms with Crippen molar-refractivity contribution in [3.63, 3.8) is 0 Å². The number of nitrogens with zero attached hydrogens (tertiary/aromatic N) is 1. The second-order valence-electron chi connectivity index (χ2n) is 4.92. The van der Waals surface area contributed by atoms with Crippen LogP contribution >= 0.6 is 0 Å². The first-order chi connectivity index (χ1) is 8.11. The van der Waals surface area contributed by atoms with Gasteiger partial charge in [-0.1, -0.05) is 12.1 Å². The third-order valence-electron chi connectivity index (χ3n) is 3.62. The monoisotopic (exact) mass is 231 g/mol. The summed E-state index contributed by atoms with van der Waals surface area (Å²) in [6, 6.07) is 6.57. The van der Waals surface area contributed by atoms with Crippen LogP contribution in [0.25, 0.3) is 0 Å². The standard InChI is InChI=1S/C14H21N3/c1-10-6-5-8-12(14(15)16)13(10)17-9-4-3-7-11(17)2/h5-6,8,11H,3-4,7,9H2,1-2H3,(H3,15,16). The number of amidine groups is 1. The Morgan fingerprint density at radius 2 is 2.18 bits per heavy atom. The van der Waals surface area contributed by atoms with E-state index >= 15 is 0 Å². The van der Waals surface area contributed by atoms with Gasteiger partial charge in [0.05, 0.1) is 5.69 Å². The normalized spacial score (nSPS) is 20.4. The van der Waals surface area contributed by atoms with Gasteiger partial charge in [0, 0.05) is 18.2 Å². The number of nitrogens with one attached hydrogen (secondary N) is 1. The Labute approximate surface area is 103 Å². The second-order valence-corrected chi connectivity index (χ2v) is 4.92. The minimum absolute atomic E-state index is 0.168. The van der Waals surface area contributed by atoms with Crippen molar-refractivity contribution in [2.75, 3.05) is 11.4 Å². The number of hydrogen-bond donors (Lipinski definition) is 2. The number of para-hydroxylation sites is 1. The molecular formula is C14H21N3. The lowest BCUT2D eigenvalue weighted by Gasteiger charge is -2.37. The maximum Gasteiger partial charge on any atom is 0.124 e. The number of piperidine rings is 1. The van der Waals surface area contributed by atoms with E-state index in [9.17, 15) is 0 Å². The van der Waals surface area contributed by atoms with E-state index in [0.717, 1.165) is 17.8 Å². The van der Waals surface area contributed by atoms with Gasteiger partial charge in [0.2, 0.25) is 0 Å². The van der Waals surface area contributed by atoms with E-state index in [1.165, 1.54) is 24.8 Å². The fourth-order valence-corrected chi connectivity index (χ4v) is 2.69. The summed E-state index contributed by atoms with van der Waals surface area (Å²) in [5.74, 6) is 0.168. The van der Waals surface area contributed by atoms with Gasteiger partial charge in [0.15, 0.2) is 0 Å². The zero-order valence-electron chi connectivity index (χ0n) is 10.7. The van der Waals surface area contributed by atoms with Gasteiger partial charge < -0.3 is 10.6 Å². The quantitative estimate of drug-likeness (QED) is 0.607. The van der Waals surface area contributed by atoms with E-state index in [1.54, 1.807) is 0 Å².